The predicted molar refractivity (Wildman–Crippen MR) is 114 cm³/mol. The molecule has 186 valence electrons. The second-order valence-corrected chi connectivity index (χ2v) is 8.84. The summed E-state index contributed by atoms with van der Waals surface area (Å²) in [7, 11) is 0. The third-order valence-corrected chi connectivity index (χ3v) is 6.32. The van der Waals surface area contributed by atoms with E-state index in [1.165, 1.54) is 11.1 Å². The summed E-state index contributed by atoms with van der Waals surface area (Å²) in [6.45, 7) is 0.695. The van der Waals surface area contributed by atoms with Gasteiger partial charge in [-0.15, -0.1) is 0 Å². The van der Waals surface area contributed by atoms with Gasteiger partial charge in [-0.05, 0) is 24.7 Å². The Morgan fingerprint density at radius 3 is 2.40 bits per heavy atom. The number of alkyl halides is 5. The molecule has 0 saturated carbocycles. The van der Waals surface area contributed by atoms with Gasteiger partial charge in [-0.1, -0.05) is 0 Å². The van der Waals surface area contributed by atoms with Crippen molar-refractivity contribution in [1.82, 2.24) is 29.7 Å². The summed E-state index contributed by atoms with van der Waals surface area (Å²) in [6.07, 6.45) is -0.847. The summed E-state index contributed by atoms with van der Waals surface area (Å²) in [6, 6.07) is 0. The van der Waals surface area contributed by atoms with E-state index in [1.54, 1.807) is 6.20 Å². The number of hydrogen-bond acceptors (Lipinski definition) is 7. The fraction of sp³-hybridized carbons (Fsp3) is 0.524. The average molecular weight is 496 g/mol. The van der Waals surface area contributed by atoms with Crippen molar-refractivity contribution in [1.29, 1.82) is 0 Å². The van der Waals surface area contributed by atoms with Crippen molar-refractivity contribution >= 4 is 28.7 Å². The van der Waals surface area contributed by atoms with Crippen LogP contribution in [-0.2, 0) is 17.5 Å². The summed E-state index contributed by atoms with van der Waals surface area (Å²) in [4.78, 5) is 32.6. The van der Waals surface area contributed by atoms with Crippen molar-refractivity contribution in [3.05, 3.63) is 30.5 Å². The first-order valence-electron chi connectivity index (χ1n) is 11.1. The zero-order chi connectivity index (χ0) is 24.7. The molecular formula is C21H21F5N8O. The largest absolute Gasteiger partial charge is 0.434 e. The molecule has 35 heavy (non-hydrogen) atoms. The second kappa shape index (κ2) is 8.96. The summed E-state index contributed by atoms with van der Waals surface area (Å²) >= 11 is 0. The molecule has 2 saturated heterocycles. The lowest BCUT2D eigenvalue weighted by molar-refractivity contribution is -0.141. The Hall–Kier alpha value is -3.45. The van der Waals surface area contributed by atoms with Gasteiger partial charge in [0, 0.05) is 26.1 Å². The number of rotatable bonds is 4. The first-order valence-corrected chi connectivity index (χ1v) is 11.1. The highest BCUT2D eigenvalue weighted by Gasteiger charge is 2.36. The maximum atomic E-state index is 13.0. The van der Waals surface area contributed by atoms with E-state index in [1.807, 2.05) is 4.90 Å². The minimum atomic E-state index is -4.62. The van der Waals surface area contributed by atoms with Crippen molar-refractivity contribution in [3.8, 4) is 0 Å². The summed E-state index contributed by atoms with van der Waals surface area (Å²) in [5.41, 5.74) is -0.456. The van der Waals surface area contributed by atoms with Gasteiger partial charge in [0.1, 0.15) is 17.9 Å². The number of hydrogen-bond donors (Lipinski definition) is 0. The fourth-order valence-electron chi connectivity index (χ4n) is 4.66. The number of fused-ring (bicyclic) bond motifs is 4. The SMILES string of the molecule is O=C1CC2CCC(CN(c3cnc4cnn(CC(F)F)c4n3)C2)CN1c1cnc(C(F)(F)F)cn1. The van der Waals surface area contributed by atoms with Crippen LogP contribution >= 0.6 is 0 Å². The number of carbonyl (C=O) groups is 1. The number of nitrogens with zero attached hydrogens (tertiary/aromatic N) is 8. The van der Waals surface area contributed by atoms with Gasteiger partial charge in [-0.25, -0.2) is 33.4 Å². The molecule has 1 amide bonds. The van der Waals surface area contributed by atoms with Crippen LogP contribution in [0, 0.1) is 11.8 Å². The Kier molecular flexibility index (Phi) is 5.97. The molecule has 3 aromatic heterocycles. The van der Waals surface area contributed by atoms with E-state index in [4.69, 9.17) is 0 Å². The zero-order valence-electron chi connectivity index (χ0n) is 18.4. The Morgan fingerprint density at radius 1 is 0.943 bits per heavy atom. The second-order valence-electron chi connectivity index (χ2n) is 8.84. The molecule has 0 aliphatic carbocycles. The van der Waals surface area contributed by atoms with Crippen molar-refractivity contribution in [2.45, 2.75) is 38.4 Å². The first-order chi connectivity index (χ1) is 16.7. The number of amides is 1. The van der Waals surface area contributed by atoms with Crippen LogP contribution in [0.5, 0.6) is 0 Å². The quantitative estimate of drug-likeness (QED) is 0.513. The van der Waals surface area contributed by atoms with E-state index in [-0.39, 0.29) is 42.2 Å². The molecule has 2 aliphatic rings. The highest BCUT2D eigenvalue weighted by atomic mass is 19.4. The van der Waals surface area contributed by atoms with Gasteiger partial charge in [0.25, 0.3) is 6.43 Å². The molecule has 0 radical (unpaired) electrons. The minimum absolute atomic E-state index is 0.0168. The molecule has 0 spiro atoms. The molecular weight excluding hydrogens is 475 g/mol. The van der Waals surface area contributed by atoms with Crippen LogP contribution in [0.15, 0.2) is 24.8 Å². The molecule has 0 aromatic carbocycles. The van der Waals surface area contributed by atoms with E-state index in [0.29, 0.717) is 30.6 Å². The molecule has 2 unspecified atom stereocenters. The van der Waals surface area contributed by atoms with Gasteiger partial charge < -0.3 is 4.90 Å². The molecule has 2 atom stereocenters. The monoisotopic (exact) mass is 496 g/mol. The summed E-state index contributed by atoms with van der Waals surface area (Å²) in [5, 5.41) is 3.95. The van der Waals surface area contributed by atoms with Gasteiger partial charge in [-0.2, -0.15) is 18.3 Å². The molecule has 5 heterocycles. The molecule has 3 aromatic rings. The Labute approximate surface area is 196 Å². The van der Waals surface area contributed by atoms with Crippen LogP contribution in [0.2, 0.25) is 0 Å². The van der Waals surface area contributed by atoms with Crippen molar-refractivity contribution in [3.63, 3.8) is 0 Å². The number of carbonyl (C=O) groups excluding carboxylic acids is 1. The van der Waals surface area contributed by atoms with E-state index < -0.39 is 24.8 Å². The normalized spacial score (nSPS) is 21.5. The van der Waals surface area contributed by atoms with Crippen LogP contribution in [0.25, 0.3) is 11.2 Å². The highest BCUT2D eigenvalue weighted by molar-refractivity contribution is 5.92. The number of aromatic nitrogens is 6. The topological polar surface area (TPSA) is 92.9 Å². The Balaban J connectivity index is 1.40. The maximum absolute atomic E-state index is 13.0. The summed E-state index contributed by atoms with van der Waals surface area (Å²) in [5.74, 6) is 0.310. The molecule has 2 bridgehead atoms. The van der Waals surface area contributed by atoms with E-state index in [9.17, 15) is 26.7 Å². The van der Waals surface area contributed by atoms with Gasteiger partial charge in [0.2, 0.25) is 5.91 Å². The van der Waals surface area contributed by atoms with E-state index in [0.717, 1.165) is 23.7 Å². The van der Waals surface area contributed by atoms with E-state index >= 15 is 0 Å². The van der Waals surface area contributed by atoms with Crippen LogP contribution in [0.1, 0.15) is 25.0 Å². The number of halogens is 5. The van der Waals surface area contributed by atoms with Crippen LogP contribution in [0.4, 0.5) is 33.6 Å². The van der Waals surface area contributed by atoms with Gasteiger partial charge in [-0.3, -0.25) is 9.69 Å². The third-order valence-electron chi connectivity index (χ3n) is 6.32. The lowest BCUT2D eigenvalue weighted by Gasteiger charge is -2.29. The Morgan fingerprint density at radius 2 is 1.69 bits per heavy atom. The molecule has 0 N–H and O–H groups in total. The lowest BCUT2D eigenvalue weighted by atomic mass is 9.92. The molecule has 9 nitrogen and oxygen atoms in total. The van der Waals surface area contributed by atoms with Crippen molar-refractivity contribution < 1.29 is 26.7 Å². The van der Waals surface area contributed by atoms with E-state index in [2.05, 4.69) is 25.0 Å². The van der Waals surface area contributed by atoms with Crippen molar-refractivity contribution in [2.24, 2.45) is 11.8 Å². The average Bonchev–Trinajstić information content (AvgIpc) is 3.10. The van der Waals surface area contributed by atoms with Gasteiger partial charge in [0.15, 0.2) is 17.2 Å². The molecule has 2 fully saturated rings. The van der Waals surface area contributed by atoms with Gasteiger partial charge >= 0.3 is 6.18 Å². The first kappa shape index (κ1) is 23.3. The molecule has 14 heteroatoms. The molecule has 2 aliphatic heterocycles. The van der Waals surface area contributed by atoms with Crippen LogP contribution in [-0.4, -0.2) is 61.7 Å². The smallest absolute Gasteiger partial charge is 0.355 e. The van der Waals surface area contributed by atoms with Crippen molar-refractivity contribution in [2.75, 3.05) is 29.4 Å². The van der Waals surface area contributed by atoms with Gasteiger partial charge in [0.05, 0.1) is 24.8 Å². The standard InChI is InChI=1S/C21H21F5N8O/c22-16(23)11-34-20-14(4-30-34)27-7-18(31-20)32-8-12-1-2-13(9-32)10-33(19(35)3-12)17-6-28-15(5-29-17)21(24,25)26/h4-7,12-13,16H,1-3,8-11H2. The lowest BCUT2D eigenvalue weighted by Crippen LogP contribution is -2.39. The van der Waals surface area contributed by atoms with Crippen LogP contribution in [0.3, 0.4) is 0 Å². The maximum Gasteiger partial charge on any atom is 0.434 e. The third kappa shape index (κ3) is 4.86. The zero-order valence-corrected chi connectivity index (χ0v) is 18.4. The fourth-order valence-corrected chi connectivity index (χ4v) is 4.66. The minimum Gasteiger partial charge on any atom is -0.355 e. The van der Waals surface area contributed by atoms with Crippen LogP contribution < -0.4 is 9.80 Å². The Bertz CT molecular complexity index is 1210. The summed E-state index contributed by atoms with van der Waals surface area (Å²) < 4.78 is 65.5. The number of anilines is 2. The predicted octanol–water partition coefficient (Wildman–Crippen LogP) is 3.17. The molecule has 5 rings (SSSR count). The highest BCUT2D eigenvalue weighted by Crippen LogP contribution is 2.32.